The van der Waals surface area contributed by atoms with E-state index in [4.69, 9.17) is 0 Å². The molecule has 10 aromatic carbocycles. The van der Waals surface area contributed by atoms with Crippen LogP contribution in [-0.4, -0.2) is 6.85 Å². The van der Waals surface area contributed by atoms with Crippen molar-refractivity contribution < 1.29 is 0 Å². The molecule has 0 spiro atoms. The zero-order valence-corrected chi connectivity index (χ0v) is 47.3. The maximum absolute atomic E-state index is 2.70. The molecular weight excluding hydrogens is 942 g/mol. The van der Waals surface area contributed by atoms with Crippen molar-refractivity contribution in [3.8, 4) is 11.1 Å². The predicted molar refractivity (Wildman–Crippen MR) is 334 cm³/mol. The fraction of sp³-hybridized carbons (Fsp3) is 0.216. The molecule has 10 aromatic rings. The summed E-state index contributed by atoms with van der Waals surface area (Å²) in [4.78, 5) is 7.86. The topological polar surface area (TPSA) is 9.72 Å². The van der Waals surface area contributed by atoms with Crippen LogP contribution in [0.1, 0.15) is 127 Å². The normalized spacial score (nSPS) is 14.2. The average Bonchev–Trinajstić information content (AvgIpc) is 1.69. The van der Waals surface area contributed by atoms with Crippen LogP contribution in [0.2, 0.25) is 0 Å². The number of rotatable bonds is 7. The van der Waals surface area contributed by atoms with Crippen LogP contribution < -0.4 is 25.5 Å². The zero-order chi connectivity index (χ0) is 54.0. The van der Waals surface area contributed by atoms with Crippen molar-refractivity contribution in [3.05, 3.63) is 263 Å². The maximum atomic E-state index is 2.70. The molecule has 0 N–H and O–H groups in total. The summed E-state index contributed by atoms with van der Waals surface area (Å²) >= 11 is 0. The van der Waals surface area contributed by atoms with Gasteiger partial charge in [0.25, 0.3) is 0 Å². The van der Waals surface area contributed by atoms with E-state index in [0.717, 1.165) is 17.1 Å². The first-order valence-electron chi connectivity index (χ1n) is 28.2. The van der Waals surface area contributed by atoms with Crippen LogP contribution in [0.4, 0.5) is 45.5 Å². The number of benzene rings is 10. The molecule has 0 aliphatic carbocycles. The second-order valence-corrected chi connectivity index (χ2v) is 25.6. The van der Waals surface area contributed by atoms with Gasteiger partial charge >= 0.3 is 6.85 Å². The van der Waals surface area contributed by atoms with Crippen molar-refractivity contribution in [3.63, 3.8) is 0 Å². The third kappa shape index (κ3) is 7.77. The van der Waals surface area contributed by atoms with Crippen LogP contribution in [0.25, 0.3) is 21.9 Å². The minimum Gasteiger partial charge on any atom is -0.376 e. The van der Waals surface area contributed by atoms with Gasteiger partial charge in [-0.05, 0) is 167 Å². The molecule has 3 nitrogen and oxygen atoms in total. The summed E-state index contributed by atoms with van der Waals surface area (Å²) in [5.74, 6) is 0.266. The number of hydrogen-bond acceptors (Lipinski definition) is 3. The molecule has 4 heteroatoms. The van der Waals surface area contributed by atoms with Gasteiger partial charge in [0.05, 0.1) is 11.1 Å². The first kappa shape index (κ1) is 49.5. The third-order valence-electron chi connectivity index (χ3n) is 17.3. The monoisotopic (exact) mass is 1010 g/mol. The van der Waals surface area contributed by atoms with Crippen molar-refractivity contribution >= 4 is 74.0 Å². The molecule has 0 amide bonds. The van der Waals surface area contributed by atoms with E-state index in [1.54, 1.807) is 0 Å². The highest BCUT2D eigenvalue weighted by Crippen LogP contribution is 2.60. The van der Waals surface area contributed by atoms with Gasteiger partial charge < -0.3 is 14.6 Å². The molecule has 0 aromatic heterocycles. The molecule has 0 radical (unpaired) electrons. The number of fused-ring (bicyclic) bond motifs is 7. The van der Waals surface area contributed by atoms with Gasteiger partial charge in [-0.2, -0.15) is 0 Å². The van der Waals surface area contributed by atoms with Crippen LogP contribution >= 0.6 is 0 Å². The van der Waals surface area contributed by atoms with Crippen molar-refractivity contribution in [2.45, 2.75) is 104 Å². The van der Waals surface area contributed by atoms with Gasteiger partial charge in [0.15, 0.2) is 0 Å². The summed E-state index contributed by atoms with van der Waals surface area (Å²) in [6.07, 6.45) is 0. The van der Waals surface area contributed by atoms with Crippen LogP contribution in [0.3, 0.4) is 0 Å². The van der Waals surface area contributed by atoms with E-state index in [2.05, 4.69) is 309 Å². The molecule has 13 rings (SSSR count). The van der Waals surface area contributed by atoms with Gasteiger partial charge in [-0.25, -0.2) is 0 Å². The quantitative estimate of drug-likeness (QED) is 0.147. The zero-order valence-electron chi connectivity index (χ0n) is 47.3. The van der Waals surface area contributed by atoms with Crippen molar-refractivity contribution in [1.29, 1.82) is 0 Å². The highest BCUT2D eigenvalue weighted by Gasteiger charge is 2.53. The van der Waals surface area contributed by atoms with Crippen molar-refractivity contribution in [2.75, 3.05) is 14.6 Å². The summed E-state index contributed by atoms with van der Waals surface area (Å²) in [6.45, 7) is 25.3. The average molecular weight is 1010 g/mol. The van der Waals surface area contributed by atoms with E-state index < -0.39 is 5.41 Å². The Morgan fingerprint density at radius 3 is 1.55 bits per heavy atom. The Bertz CT molecular complexity index is 3850. The molecule has 0 unspecified atom stereocenters. The molecular formula is C74H70BN3. The van der Waals surface area contributed by atoms with E-state index in [1.807, 2.05) is 0 Å². The van der Waals surface area contributed by atoms with Gasteiger partial charge in [0, 0.05) is 45.4 Å². The van der Waals surface area contributed by atoms with E-state index in [0.29, 0.717) is 0 Å². The van der Waals surface area contributed by atoms with E-state index >= 15 is 0 Å². The molecule has 0 saturated carbocycles. The first-order valence-corrected chi connectivity index (χ1v) is 28.2. The van der Waals surface area contributed by atoms with Crippen LogP contribution in [0, 0.1) is 0 Å². The second kappa shape index (κ2) is 18.0. The standard InChI is InChI=1S/C74H70BN3/c1-48(2)51-42-62-61-47-59(76(57-36-32-52(33-37-57)71(3,4)5)58-38-34-53(35-39-58)72(6,7)8)40-41-66(61)78(60-29-20-28-56(46-60)73(9,10)11)75-65-31-21-30-63-70(65)77(68(45-51)69(62)75)67-44-50-23-19-18-22-49(50)43-64(67)74(63,54-24-14-12-15-25-54)55-26-16-13-17-27-55/h12-48H,1-11H3. The molecule has 3 aliphatic rings. The second-order valence-electron chi connectivity index (χ2n) is 25.6. The van der Waals surface area contributed by atoms with Gasteiger partial charge in [-0.15, -0.1) is 0 Å². The fourth-order valence-electron chi connectivity index (χ4n) is 13.1. The largest absolute Gasteiger partial charge is 0.376 e. The number of nitrogens with zero attached hydrogens (tertiary/aromatic N) is 3. The molecule has 0 bridgehead atoms. The predicted octanol–water partition coefficient (Wildman–Crippen LogP) is 18.7. The lowest BCUT2D eigenvalue weighted by Crippen LogP contribution is -2.62. The molecule has 0 saturated heterocycles. The maximum Gasteiger partial charge on any atom is 0.333 e. The summed E-state index contributed by atoms with van der Waals surface area (Å²) in [7, 11) is 0. The third-order valence-corrected chi connectivity index (χ3v) is 17.3. The Hall–Kier alpha value is -8.08. The lowest BCUT2D eigenvalue weighted by atomic mass is 9.42. The first-order chi connectivity index (χ1) is 37.4. The molecule has 3 aliphatic heterocycles. The lowest BCUT2D eigenvalue weighted by molar-refractivity contribution is 0.590. The van der Waals surface area contributed by atoms with Gasteiger partial charge in [0.1, 0.15) is 0 Å². The fourth-order valence-corrected chi connectivity index (χ4v) is 13.1. The summed E-state index contributed by atoms with van der Waals surface area (Å²) in [5, 5.41) is 2.46. The molecule has 78 heavy (non-hydrogen) atoms. The summed E-state index contributed by atoms with van der Waals surface area (Å²) < 4.78 is 0. The van der Waals surface area contributed by atoms with Crippen LogP contribution in [0.15, 0.2) is 218 Å². The Balaban J connectivity index is 1.14. The minimum atomic E-state index is -0.641. The highest BCUT2D eigenvalue weighted by atomic mass is 15.2. The van der Waals surface area contributed by atoms with Crippen LogP contribution in [0.5, 0.6) is 0 Å². The SMILES string of the molecule is CC(C)c1cc2c3c(c1)N1c4cc5ccccc5cc4C(c4ccccc4)(c4ccccc4)c4cccc(c41)B3N(c1cccc(C(C)(C)C)c1)c1ccc(N(c3ccc(C(C)(C)C)cc3)c3ccc(C(C)(C)C)cc3)cc1-2. The van der Waals surface area contributed by atoms with Gasteiger partial charge in [0.2, 0.25) is 0 Å². The number of hydrogen-bond donors (Lipinski definition) is 0. The Labute approximate surface area is 464 Å². The smallest absolute Gasteiger partial charge is 0.333 e. The van der Waals surface area contributed by atoms with Crippen LogP contribution in [-0.2, 0) is 21.7 Å². The molecule has 384 valence electrons. The van der Waals surface area contributed by atoms with E-state index in [-0.39, 0.29) is 29.0 Å². The van der Waals surface area contributed by atoms with Gasteiger partial charge in [-0.1, -0.05) is 222 Å². The van der Waals surface area contributed by atoms with E-state index in [1.165, 1.54) is 106 Å². The Morgan fingerprint density at radius 2 is 0.974 bits per heavy atom. The number of anilines is 8. The lowest BCUT2D eigenvalue weighted by Gasteiger charge is -2.52. The molecule has 0 atom stereocenters. The van der Waals surface area contributed by atoms with E-state index in [9.17, 15) is 0 Å². The summed E-state index contributed by atoms with van der Waals surface area (Å²) in [5.41, 5.74) is 24.3. The molecule has 3 heterocycles. The number of para-hydroxylation sites is 1. The molecule has 0 fully saturated rings. The van der Waals surface area contributed by atoms with Crippen molar-refractivity contribution in [2.24, 2.45) is 0 Å². The van der Waals surface area contributed by atoms with Gasteiger partial charge in [-0.3, -0.25) is 0 Å². The highest BCUT2D eigenvalue weighted by molar-refractivity contribution is 6.93. The Morgan fingerprint density at radius 1 is 0.423 bits per heavy atom. The summed E-state index contributed by atoms with van der Waals surface area (Å²) in [6, 6.07) is 84.1. The van der Waals surface area contributed by atoms with Crippen molar-refractivity contribution in [1.82, 2.24) is 0 Å². The minimum absolute atomic E-state index is 0.0281. The Kier molecular flexibility index (Phi) is 11.4.